The van der Waals surface area contributed by atoms with Crippen LogP contribution in [0.1, 0.15) is 36.5 Å². The van der Waals surface area contributed by atoms with Crippen LogP contribution in [0.25, 0.3) is 0 Å². The summed E-state index contributed by atoms with van der Waals surface area (Å²) in [6, 6.07) is 7.20. The third-order valence-corrected chi connectivity index (χ3v) is 3.11. The molecule has 1 fully saturated rings. The van der Waals surface area contributed by atoms with Crippen LogP contribution in [0.5, 0.6) is 0 Å². The van der Waals surface area contributed by atoms with Crippen LogP contribution in [0, 0.1) is 5.92 Å². The number of amides is 1. The van der Waals surface area contributed by atoms with Crippen molar-refractivity contribution in [2.75, 3.05) is 18.8 Å². The fourth-order valence-electron chi connectivity index (χ4n) is 1.97. The second-order valence-electron chi connectivity index (χ2n) is 4.82. The molecule has 0 aromatic heterocycles. The van der Waals surface area contributed by atoms with E-state index in [2.05, 4.69) is 6.92 Å². The van der Waals surface area contributed by atoms with Gasteiger partial charge in [0.1, 0.15) is 0 Å². The van der Waals surface area contributed by atoms with Gasteiger partial charge in [0, 0.05) is 24.3 Å². The Morgan fingerprint density at radius 1 is 1.33 bits per heavy atom. The molecule has 18 heavy (non-hydrogen) atoms. The van der Waals surface area contributed by atoms with Crippen LogP contribution in [0.4, 0.5) is 5.69 Å². The number of hydrogen-bond acceptors (Lipinski definition) is 2. The summed E-state index contributed by atoms with van der Waals surface area (Å²) in [4.78, 5) is 14.3. The minimum atomic E-state index is 0. The summed E-state index contributed by atoms with van der Waals surface area (Å²) in [6.45, 7) is 3.87. The molecule has 1 aliphatic rings. The van der Waals surface area contributed by atoms with Crippen LogP contribution in [0.3, 0.4) is 0 Å². The van der Waals surface area contributed by atoms with Gasteiger partial charge >= 0.3 is 0 Å². The lowest BCUT2D eigenvalue weighted by atomic mass is 10.1. The predicted octanol–water partition coefficient (Wildman–Crippen LogP) is 2.95. The Kier molecular flexibility index (Phi) is 5.48. The average molecular weight is 269 g/mol. The molecule has 100 valence electrons. The molecule has 0 aliphatic heterocycles. The Bertz CT molecular complexity index is 387. The topological polar surface area (TPSA) is 46.3 Å². The van der Waals surface area contributed by atoms with E-state index in [1.165, 1.54) is 12.8 Å². The highest BCUT2D eigenvalue weighted by Gasteiger charge is 2.26. The monoisotopic (exact) mass is 268 g/mol. The summed E-state index contributed by atoms with van der Waals surface area (Å²) in [7, 11) is 0. The Morgan fingerprint density at radius 2 is 1.94 bits per heavy atom. The van der Waals surface area contributed by atoms with Gasteiger partial charge in [-0.3, -0.25) is 4.79 Å². The average Bonchev–Trinajstić information content (AvgIpc) is 3.13. The number of carbonyl (C=O) groups is 1. The zero-order chi connectivity index (χ0) is 12.3. The summed E-state index contributed by atoms with van der Waals surface area (Å²) in [6.07, 6.45) is 3.55. The fraction of sp³-hybridized carbons (Fsp3) is 0.500. The molecule has 1 aromatic carbocycles. The molecule has 2 N–H and O–H groups in total. The zero-order valence-corrected chi connectivity index (χ0v) is 11.6. The van der Waals surface area contributed by atoms with Crippen molar-refractivity contribution in [3.63, 3.8) is 0 Å². The molecule has 1 amide bonds. The number of nitrogens with zero attached hydrogens (tertiary/aromatic N) is 1. The summed E-state index contributed by atoms with van der Waals surface area (Å²) in [5.41, 5.74) is 7.07. The maximum Gasteiger partial charge on any atom is 0.253 e. The first-order chi connectivity index (χ1) is 8.20. The molecular weight excluding hydrogens is 248 g/mol. The maximum atomic E-state index is 12.3. The van der Waals surface area contributed by atoms with Gasteiger partial charge in [0.05, 0.1) is 0 Å². The first-order valence-corrected chi connectivity index (χ1v) is 6.35. The van der Waals surface area contributed by atoms with Crippen molar-refractivity contribution in [3.05, 3.63) is 29.8 Å². The second-order valence-corrected chi connectivity index (χ2v) is 4.82. The number of benzene rings is 1. The van der Waals surface area contributed by atoms with E-state index in [-0.39, 0.29) is 18.3 Å². The molecule has 0 saturated heterocycles. The SMILES string of the molecule is CCCN(CC1CC1)C(=O)c1ccc(N)cc1.Cl. The van der Waals surface area contributed by atoms with E-state index in [0.717, 1.165) is 31.0 Å². The van der Waals surface area contributed by atoms with Crippen molar-refractivity contribution in [1.29, 1.82) is 0 Å². The first-order valence-electron chi connectivity index (χ1n) is 6.35. The van der Waals surface area contributed by atoms with Crippen LogP contribution in [-0.4, -0.2) is 23.9 Å². The first kappa shape index (κ1) is 14.8. The highest BCUT2D eigenvalue weighted by atomic mass is 35.5. The number of nitrogen functional groups attached to an aromatic ring is 1. The Labute approximate surface area is 115 Å². The third-order valence-electron chi connectivity index (χ3n) is 3.11. The van der Waals surface area contributed by atoms with Gasteiger partial charge in [0.2, 0.25) is 0 Å². The highest BCUT2D eigenvalue weighted by Crippen LogP contribution is 2.30. The van der Waals surface area contributed by atoms with Gasteiger partial charge in [0.15, 0.2) is 0 Å². The van der Waals surface area contributed by atoms with Crippen molar-refractivity contribution in [3.8, 4) is 0 Å². The molecule has 0 atom stereocenters. The van der Waals surface area contributed by atoms with Gasteiger partial charge < -0.3 is 10.6 Å². The number of halogens is 1. The third kappa shape index (κ3) is 3.91. The van der Waals surface area contributed by atoms with Crippen molar-refractivity contribution in [1.82, 2.24) is 4.90 Å². The maximum absolute atomic E-state index is 12.3. The molecule has 1 aliphatic carbocycles. The number of nitrogens with two attached hydrogens (primary N) is 1. The second kappa shape index (κ2) is 6.64. The van der Waals surface area contributed by atoms with E-state index in [4.69, 9.17) is 5.73 Å². The van der Waals surface area contributed by atoms with E-state index in [1.54, 1.807) is 12.1 Å². The lowest BCUT2D eigenvalue weighted by Crippen LogP contribution is -2.33. The fourth-order valence-corrected chi connectivity index (χ4v) is 1.97. The van der Waals surface area contributed by atoms with Gasteiger partial charge in [-0.2, -0.15) is 0 Å². The van der Waals surface area contributed by atoms with Gasteiger partial charge in [-0.1, -0.05) is 6.92 Å². The Balaban J connectivity index is 0.00000162. The van der Waals surface area contributed by atoms with Crippen molar-refractivity contribution in [2.24, 2.45) is 5.92 Å². The summed E-state index contributed by atoms with van der Waals surface area (Å²) in [5.74, 6) is 0.873. The lowest BCUT2D eigenvalue weighted by Gasteiger charge is -2.22. The standard InChI is InChI=1S/C14H20N2O.ClH/c1-2-9-16(10-11-3-4-11)14(17)12-5-7-13(15)8-6-12;/h5-8,11H,2-4,9-10,15H2,1H3;1H. The highest BCUT2D eigenvalue weighted by molar-refractivity contribution is 5.94. The summed E-state index contributed by atoms with van der Waals surface area (Å²) in [5, 5.41) is 0. The predicted molar refractivity (Wildman–Crippen MR) is 77.0 cm³/mol. The molecule has 1 saturated carbocycles. The van der Waals surface area contributed by atoms with Gasteiger partial charge in [0.25, 0.3) is 5.91 Å². The summed E-state index contributed by atoms with van der Waals surface area (Å²) < 4.78 is 0. The van der Waals surface area contributed by atoms with E-state index in [1.807, 2.05) is 17.0 Å². The van der Waals surface area contributed by atoms with Crippen LogP contribution in [0.2, 0.25) is 0 Å². The van der Waals surface area contributed by atoms with Gasteiger partial charge in [-0.25, -0.2) is 0 Å². The molecule has 0 unspecified atom stereocenters. The summed E-state index contributed by atoms with van der Waals surface area (Å²) >= 11 is 0. The molecule has 0 spiro atoms. The van der Waals surface area contributed by atoms with E-state index in [0.29, 0.717) is 5.69 Å². The van der Waals surface area contributed by atoms with Crippen molar-refractivity contribution >= 4 is 24.0 Å². The molecular formula is C14H21ClN2O. The van der Waals surface area contributed by atoms with Crippen LogP contribution in [-0.2, 0) is 0 Å². The normalized spacial score (nSPS) is 13.8. The largest absolute Gasteiger partial charge is 0.399 e. The van der Waals surface area contributed by atoms with Crippen LogP contribution < -0.4 is 5.73 Å². The Hall–Kier alpha value is -1.22. The molecule has 2 rings (SSSR count). The molecule has 0 heterocycles. The van der Waals surface area contributed by atoms with Crippen molar-refractivity contribution < 1.29 is 4.79 Å². The van der Waals surface area contributed by atoms with E-state index < -0.39 is 0 Å². The minimum Gasteiger partial charge on any atom is -0.399 e. The van der Waals surface area contributed by atoms with Gasteiger partial charge in [-0.15, -0.1) is 12.4 Å². The number of carbonyl (C=O) groups excluding carboxylic acids is 1. The lowest BCUT2D eigenvalue weighted by molar-refractivity contribution is 0.0748. The molecule has 1 aromatic rings. The van der Waals surface area contributed by atoms with Crippen molar-refractivity contribution in [2.45, 2.75) is 26.2 Å². The quantitative estimate of drug-likeness (QED) is 0.835. The zero-order valence-electron chi connectivity index (χ0n) is 10.8. The van der Waals surface area contributed by atoms with E-state index in [9.17, 15) is 4.79 Å². The molecule has 0 bridgehead atoms. The smallest absolute Gasteiger partial charge is 0.253 e. The Morgan fingerprint density at radius 3 is 2.44 bits per heavy atom. The number of anilines is 1. The molecule has 3 nitrogen and oxygen atoms in total. The van der Waals surface area contributed by atoms with Gasteiger partial charge in [-0.05, 0) is 49.4 Å². The van der Waals surface area contributed by atoms with Crippen LogP contribution >= 0.6 is 12.4 Å². The number of rotatable bonds is 5. The molecule has 4 heteroatoms. The minimum absolute atomic E-state index is 0. The van der Waals surface area contributed by atoms with Crippen LogP contribution in [0.15, 0.2) is 24.3 Å². The number of hydrogen-bond donors (Lipinski definition) is 1. The molecule has 0 radical (unpaired) electrons. The van der Waals surface area contributed by atoms with E-state index >= 15 is 0 Å².